The number of nitrogens with zero attached hydrogens (tertiary/aromatic N) is 4. The lowest BCUT2D eigenvalue weighted by Crippen LogP contribution is -2.38. The van der Waals surface area contributed by atoms with Gasteiger partial charge in [0, 0.05) is 26.8 Å². The molecular formula is C20H32N6O. The third-order valence-corrected chi connectivity index (χ3v) is 4.26. The molecule has 1 aromatic carbocycles. The minimum atomic E-state index is 0.574. The van der Waals surface area contributed by atoms with Crippen LogP contribution in [0.15, 0.2) is 35.3 Å². The molecule has 1 aromatic heterocycles. The molecule has 0 unspecified atom stereocenters. The Balaban J connectivity index is 1.84. The Hall–Kier alpha value is -2.41. The topological polar surface area (TPSA) is 76.4 Å². The molecule has 0 atom stereocenters. The molecule has 0 saturated heterocycles. The van der Waals surface area contributed by atoms with Crippen LogP contribution in [-0.2, 0) is 24.9 Å². The molecule has 0 fully saturated rings. The molecule has 7 heteroatoms. The summed E-state index contributed by atoms with van der Waals surface area (Å²) in [7, 11) is 1.97. The molecule has 2 N–H and O–H groups in total. The SMILES string of the molecule is CCCCOCCCNC(=NCc1ccccc1)NCc1nnc(C)n1C. The zero-order valence-electron chi connectivity index (χ0n) is 16.7. The first-order valence-electron chi connectivity index (χ1n) is 9.69. The zero-order chi connectivity index (χ0) is 19.3. The van der Waals surface area contributed by atoms with Gasteiger partial charge in [0.1, 0.15) is 5.82 Å². The van der Waals surface area contributed by atoms with Crippen LogP contribution in [0.5, 0.6) is 0 Å². The minimum absolute atomic E-state index is 0.574. The Kier molecular flexibility index (Phi) is 9.34. The molecule has 27 heavy (non-hydrogen) atoms. The van der Waals surface area contributed by atoms with Gasteiger partial charge in [-0.05, 0) is 25.3 Å². The summed E-state index contributed by atoms with van der Waals surface area (Å²) in [5.41, 5.74) is 1.18. The standard InChI is InChI=1S/C20H32N6O/c1-4-5-13-27-14-9-12-21-20(22-15-18-10-7-6-8-11-18)23-16-19-25-24-17(2)26(19)3/h6-8,10-11H,4-5,9,12-16H2,1-3H3,(H2,21,22,23). The second kappa shape index (κ2) is 12.1. The van der Waals surface area contributed by atoms with E-state index in [1.807, 2.05) is 36.7 Å². The summed E-state index contributed by atoms with van der Waals surface area (Å²) in [5.74, 6) is 2.55. The maximum atomic E-state index is 5.61. The molecule has 0 spiro atoms. The van der Waals surface area contributed by atoms with Crippen molar-refractivity contribution in [3.63, 3.8) is 0 Å². The maximum Gasteiger partial charge on any atom is 0.191 e. The molecule has 0 bridgehead atoms. The van der Waals surface area contributed by atoms with Gasteiger partial charge in [0.05, 0.1) is 13.1 Å². The van der Waals surface area contributed by atoms with Crippen molar-refractivity contribution < 1.29 is 4.74 Å². The fourth-order valence-electron chi connectivity index (χ4n) is 2.43. The highest BCUT2D eigenvalue weighted by Gasteiger charge is 2.06. The summed E-state index contributed by atoms with van der Waals surface area (Å²) in [6.07, 6.45) is 3.23. The molecule has 2 aromatic rings. The van der Waals surface area contributed by atoms with Crippen LogP contribution in [-0.4, -0.2) is 40.5 Å². The van der Waals surface area contributed by atoms with Gasteiger partial charge in [-0.1, -0.05) is 43.7 Å². The summed E-state index contributed by atoms with van der Waals surface area (Å²) in [5, 5.41) is 15.0. The first-order valence-corrected chi connectivity index (χ1v) is 9.69. The summed E-state index contributed by atoms with van der Waals surface area (Å²) in [6.45, 7) is 7.73. The normalized spacial score (nSPS) is 11.6. The van der Waals surface area contributed by atoms with E-state index < -0.39 is 0 Å². The first kappa shape index (κ1) is 20.9. The molecule has 0 radical (unpaired) electrons. The molecule has 0 aliphatic carbocycles. The van der Waals surface area contributed by atoms with Gasteiger partial charge in [0.25, 0.3) is 0 Å². The smallest absolute Gasteiger partial charge is 0.191 e. The van der Waals surface area contributed by atoms with Crippen molar-refractivity contribution in [3.8, 4) is 0 Å². The number of hydrogen-bond donors (Lipinski definition) is 2. The average Bonchev–Trinajstić information content (AvgIpc) is 3.01. The van der Waals surface area contributed by atoms with Crippen molar-refractivity contribution in [3.05, 3.63) is 47.5 Å². The number of nitrogens with one attached hydrogen (secondary N) is 2. The Bertz CT molecular complexity index is 683. The van der Waals surface area contributed by atoms with Gasteiger partial charge in [0.2, 0.25) is 0 Å². The van der Waals surface area contributed by atoms with E-state index in [-0.39, 0.29) is 0 Å². The lowest BCUT2D eigenvalue weighted by molar-refractivity contribution is 0.129. The molecule has 0 amide bonds. The monoisotopic (exact) mass is 372 g/mol. The van der Waals surface area contributed by atoms with Crippen LogP contribution in [0, 0.1) is 6.92 Å². The highest BCUT2D eigenvalue weighted by molar-refractivity contribution is 5.79. The number of aryl methyl sites for hydroxylation is 1. The number of guanidine groups is 1. The van der Waals surface area contributed by atoms with Gasteiger partial charge < -0.3 is 19.9 Å². The molecule has 148 valence electrons. The summed E-state index contributed by atoms with van der Waals surface area (Å²) in [4.78, 5) is 4.69. The molecule has 0 aliphatic heterocycles. The number of ether oxygens (including phenoxy) is 1. The molecule has 7 nitrogen and oxygen atoms in total. The van der Waals surface area contributed by atoms with Crippen molar-refractivity contribution >= 4 is 5.96 Å². The van der Waals surface area contributed by atoms with E-state index in [9.17, 15) is 0 Å². The van der Waals surface area contributed by atoms with Gasteiger partial charge in [0.15, 0.2) is 11.8 Å². The predicted molar refractivity (Wildman–Crippen MR) is 109 cm³/mol. The summed E-state index contributed by atoms with van der Waals surface area (Å²) < 4.78 is 7.59. The molecule has 0 saturated carbocycles. The van der Waals surface area contributed by atoms with E-state index >= 15 is 0 Å². The third-order valence-electron chi connectivity index (χ3n) is 4.26. The van der Waals surface area contributed by atoms with Crippen LogP contribution in [0.4, 0.5) is 0 Å². The zero-order valence-corrected chi connectivity index (χ0v) is 16.7. The van der Waals surface area contributed by atoms with Crippen molar-refractivity contribution in [1.29, 1.82) is 0 Å². The van der Waals surface area contributed by atoms with Crippen LogP contribution in [0.2, 0.25) is 0 Å². The van der Waals surface area contributed by atoms with Gasteiger partial charge >= 0.3 is 0 Å². The van der Waals surface area contributed by atoms with Crippen molar-refractivity contribution in [2.45, 2.75) is 46.2 Å². The quantitative estimate of drug-likeness (QED) is 0.360. The molecule has 0 aliphatic rings. The van der Waals surface area contributed by atoms with Crippen LogP contribution in [0.1, 0.15) is 43.4 Å². The maximum absolute atomic E-state index is 5.61. The number of aliphatic imine (C=N–C) groups is 1. The van der Waals surface area contributed by atoms with E-state index in [2.05, 4.69) is 44.9 Å². The molecule has 1 heterocycles. The van der Waals surface area contributed by atoms with E-state index in [1.165, 1.54) is 12.0 Å². The summed E-state index contributed by atoms with van der Waals surface area (Å²) >= 11 is 0. The third kappa shape index (κ3) is 7.78. The van der Waals surface area contributed by atoms with E-state index in [0.717, 1.165) is 50.2 Å². The second-order valence-electron chi connectivity index (χ2n) is 6.47. The second-order valence-corrected chi connectivity index (χ2v) is 6.47. The highest BCUT2D eigenvalue weighted by atomic mass is 16.5. The number of unbranched alkanes of at least 4 members (excludes halogenated alkanes) is 1. The lowest BCUT2D eigenvalue weighted by Gasteiger charge is -2.13. The van der Waals surface area contributed by atoms with Crippen LogP contribution in [0.3, 0.4) is 0 Å². The average molecular weight is 373 g/mol. The van der Waals surface area contributed by atoms with Crippen molar-refractivity contribution in [2.24, 2.45) is 12.0 Å². The Morgan fingerprint density at radius 2 is 1.89 bits per heavy atom. The highest BCUT2D eigenvalue weighted by Crippen LogP contribution is 2.01. The number of hydrogen-bond acceptors (Lipinski definition) is 4. The van der Waals surface area contributed by atoms with Crippen molar-refractivity contribution in [2.75, 3.05) is 19.8 Å². The van der Waals surface area contributed by atoms with Gasteiger partial charge in [-0.2, -0.15) is 0 Å². The largest absolute Gasteiger partial charge is 0.381 e. The van der Waals surface area contributed by atoms with Gasteiger partial charge in [-0.25, -0.2) is 4.99 Å². The fourth-order valence-corrected chi connectivity index (χ4v) is 2.43. The number of rotatable bonds is 11. The van der Waals surface area contributed by atoms with Gasteiger partial charge in [-0.15, -0.1) is 10.2 Å². The Labute approximate surface area is 162 Å². The van der Waals surface area contributed by atoms with Crippen LogP contribution < -0.4 is 10.6 Å². The molecule has 2 rings (SSSR count). The van der Waals surface area contributed by atoms with Gasteiger partial charge in [-0.3, -0.25) is 0 Å². The lowest BCUT2D eigenvalue weighted by atomic mass is 10.2. The first-order chi connectivity index (χ1) is 13.2. The van der Waals surface area contributed by atoms with Crippen LogP contribution >= 0.6 is 0 Å². The van der Waals surface area contributed by atoms with Crippen LogP contribution in [0.25, 0.3) is 0 Å². The van der Waals surface area contributed by atoms with E-state index in [1.54, 1.807) is 0 Å². The molecular weight excluding hydrogens is 340 g/mol. The Morgan fingerprint density at radius 3 is 2.59 bits per heavy atom. The minimum Gasteiger partial charge on any atom is -0.381 e. The number of aromatic nitrogens is 3. The predicted octanol–water partition coefficient (Wildman–Crippen LogP) is 2.57. The number of benzene rings is 1. The Morgan fingerprint density at radius 1 is 1.11 bits per heavy atom. The van der Waals surface area contributed by atoms with E-state index in [4.69, 9.17) is 4.74 Å². The summed E-state index contributed by atoms with van der Waals surface area (Å²) in [6, 6.07) is 10.2. The van der Waals surface area contributed by atoms with E-state index in [0.29, 0.717) is 13.1 Å². The van der Waals surface area contributed by atoms with Crippen molar-refractivity contribution in [1.82, 2.24) is 25.4 Å². The fraction of sp³-hybridized carbons (Fsp3) is 0.550.